The van der Waals surface area contributed by atoms with Crippen molar-refractivity contribution in [2.45, 2.75) is 39.3 Å². The molecule has 1 aliphatic rings. The summed E-state index contributed by atoms with van der Waals surface area (Å²) in [4.78, 5) is 10.8. The van der Waals surface area contributed by atoms with E-state index in [1.54, 1.807) is 13.0 Å². The van der Waals surface area contributed by atoms with Gasteiger partial charge in [0.25, 0.3) is 0 Å². The highest BCUT2D eigenvalue weighted by Gasteiger charge is 2.21. The van der Waals surface area contributed by atoms with Gasteiger partial charge in [0.05, 0.1) is 0 Å². The molecule has 1 aliphatic heterocycles. The molecule has 5 nitrogen and oxygen atoms in total. The molecule has 106 valence electrons. The van der Waals surface area contributed by atoms with Crippen LogP contribution in [0.4, 0.5) is 0 Å². The fraction of sp³-hybridized carbons (Fsp3) is 0.643. The average molecular weight is 267 g/mol. The first-order valence-corrected chi connectivity index (χ1v) is 6.71. The van der Waals surface area contributed by atoms with Gasteiger partial charge in [-0.05, 0) is 38.7 Å². The summed E-state index contributed by atoms with van der Waals surface area (Å²) in [7, 11) is 0. The Bertz CT molecular complexity index is 435. The maximum absolute atomic E-state index is 10.8. The number of furan rings is 1. The number of hydrogen-bond donors (Lipinski definition) is 2. The topological polar surface area (TPSA) is 71.7 Å². The molecule has 0 amide bonds. The third-order valence-corrected chi connectivity index (χ3v) is 3.82. The third kappa shape index (κ3) is 3.58. The van der Waals surface area contributed by atoms with Crippen molar-refractivity contribution in [2.24, 2.45) is 5.92 Å². The first-order valence-electron chi connectivity index (χ1n) is 6.71. The number of rotatable bonds is 5. The van der Waals surface area contributed by atoms with Crippen molar-refractivity contribution in [3.63, 3.8) is 0 Å². The summed E-state index contributed by atoms with van der Waals surface area (Å²) in [6, 6.07) is 1.99. The molecule has 1 atom stereocenters. The molecule has 2 rings (SSSR count). The van der Waals surface area contributed by atoms with Gasteiger partial charge < -0.3 is 19.6 Å². The molecule has 1 aromatic rings. The molecule has 19 heavy (non-hydrogen) atoms. The predicted octanol–water partition coefficient (Wildman–Crippen LogP) is 2.19. The van der Waals surface area contributed by atoms with Crippen molar-refractivity contribution in [2.75, 3.05) is 13.2 Å². The van der Waals surface area contributed by atoms with Crippen LogP contribution in [-0.4, -0.2) is 30.3 Å². The molecule has 0 radical (unpaired) electrons. The molecule has 1 unspecified atom stereocenters. The van der Waals surface area contributed by atoms with Crippen LogP contribution in [0.25, 0.3) is 0 Å². The summed E-state index contributed by atoms with van der Waals surface area (Å²) >= 11 is 0. The standard InChI is InChI=1S/C14H21NO4/c1-9(11-3-5-18-6-4-11)15-8-12-7-13(14(16)17)19-10(12)2/h7,9,11,15H,3-6,8H2,1-2H3,(H,16,17). The largest absolute Gasteiger partial charge is 0.475 e. The summed E-state index contributed by atoms with van der Waals surface area (Å²) in [5.41, 5.74) is 0.913. The van der Waals surface area contributed by atoms with Gasteiger partial charge >= 0.3 is 5.97 Å². The van der Waals surface area contributed by atoms with Crippen LogP contribution in [0.5, 0.6) is 0 Å². The number of aryl methyl sites for hydroxylation is 1. The molecular weight excluding hydrogens is 246 g/mol. The Hall–Kier alpha value is -1.33. The lowest BCUT2D eigenvalue weighted by Gasteiger charge is -2.28. The quantitative estimate of drug-likeness (QED) is 0.855. The Morgan fingerprint density at radius 3 is 2.79 bits per heavy atom. The summed E-state index contributed by atoms with van der Waals surface area (Å²) in [5.74, 6) is 0.281. The summed E-state index contributed by atoms with van der Waals surface area (Å²) in [5, 5.41) is 12.3. The molecule has 2 heterocycles. The predicted molar refractivity (Wildman–Crippen MR) is 70.2 cm³/mol. The number of hydrogen-bond acceptors (Lipinski definition) is 4. The molecule has 2 N–H and O–H groups in total. The van der Waals surface area contributed by atoms with E-state index in [4.69, 9.17) is 14.3 Å². The van der Waals surface area contributed by atoms with Gasteiger partial charge in [-0.15, -0.1) is 0 Å². The fourth-order valence-electron chi connectivity index (χ4n) is 2.45. The fourth-order valence-corrected chi connectivity index (χ4v) is 2.45. The summed E-state index contributed by atoms with van der Waals surface area (Å²) in [6.07, 6.45) is 2.16. The average Bonchev–Trinajstić information content (AvgIpc) is 2.79. The number of carboxylic acid groups (broad SMARTS) is 1. The van der Waals surface area contributed by atoms with E-state index in [1.165, 1.54) is 0 Å². The second-order valence-corrected chi connectivity index (χ2v) is 5.12. The van der Waals surface area contributed by atoms with E-state index in [0.29, 0.717) is 24.3 Å². The lowest BCUT2D eigenvalue weighted by atomic mass is 9.93. The second kappa shape index (κ2) is 6.21. The van der Waals surface area contributed by atoms with Gasteiger partial charge in [-0.3, -0.25) is 0 Å². The Morgan fingerprint density at radius 2 is 2.21 bits per heavy atom. The minimum atomic E-state index is -1.02. The van der Waals surface area contributed by atoms with Gasteiger partial charge in [-0.2, -0.15) is 0 Å². The van der Waals surface area contributed by atoms with Gasteiger partial charge in [-0.1, -0.05) is 0 Å². The lowest BCUT2D eigenvalue weighted by molar-refractivity contribution is 0.0557. The van der Waals surface area contributed by atoms with E-state index in [-0.39, 0.29) is 5.76 Å². The van der Waals surface area contributed by atoms with Crippen LogP contribution in [0.15, 0.2) is 10.5 Å². The van der Waals surface area contributed by atoms with Crippen molar-refractivity contribution in [1.82, 2.24) is 5.32 Å². The van der Waals surface area contributed by atoms with Gasteiger partial charge in [-0.25, -0.2) is 4.79 Å². The zero-order valence-corrected chi connectivity index (χ0v) is 11.4. The molecule has 0 bridgehead atoms. The van der Waals surface area contributed by atoms with Crippen LogP contribution < -0.4 is 5.32 Å². The molecule has 5 heteroatoms. The second-order valence-electron chi connectivity index (χ2n) is 5.12. The van der Waals surface area contributed by atoms with Crippen LogP contribution in [0.1, 0.15) is 41.6 Å². The van der Waals surface area contributed by atoms with E-state index in [1.807, 2.05) is 0 Å². The van der Waals surface area contributed by atoms with E-state index in [9.17, 15) is 4.79 Å². The first kappa shape index (κ1) is 14.1. The summed E-state index contributed by atoms with van der Waals surface area (Å²) in [6.45, 7) is 6.28. The van der Waals surface area contributed by atoms with Crippen LogP contribution in [0, 0.1) is 12.8 Å². The molecule has 1 saturated heterocycles. The SMILES string of the molecule is Cc1oc(C(=O)O)cc1CNC(C)C1CCOCC1. The van der Waals surface area contributed by atoms with Crippen LogP contribution in [0.2, 0.25) is 0 Å². The smallest absolute Gasteiger partial charge is 0.371 e. The van der Waals surface area contributed by atoms with E-state index >= 15 is 0 Å². The zero-order chi connectivity index (χ0) is 13.8. The monoisotopic (exact) mass is 267 g/mol. The number of aromatic carboxylic acids is 1. The maximum Gasteiger partial charge on any atom is 0.371 e. The highest BCUT2D eigenvalue weighted by atomic mass is 16.5. The molecule has 1 fully saturated rings. The van der Waals surface area contributed by atoms with E-state index in [2.05, 4.69) is 12.2 Å². The Balaban J connectivity index is 1.89. The zero-order valence-electron chi connectivity index (χ0n) is 11.4. The molecular formula is C14H21NO4. The van der Waals surface area contributed by atoms with Crippen LogP contribution >= 0.6 is 0 Å². The van der Waals surface area contributed by atoms with Crippen molar-refractivity contribution >= 4 is 5.97 Å². The van der Waals surface area contributed by atoms with Crippen molar-refractivity contribution < 1.29 is 19.1 Å². The minimum absolute atomic E-state index is 0.00743. The molecule has 0 aliphatic carbocycles. The number of carboxylic acids is 1. The number of nitrogens with one attached hydrogen (secondary N) is 1. The van der Waals surface area contributed by atoms with Crippen molar-refractivity contribution in [1.29, 1.82) is 0 Å². The van der Waals surface area contributed by atoms with Gasteiger partial charge in [0.2, 0.25) is 5.76 Å². The molecule has 0 aromatic carbocycles. The van der Waals surface area contributed by atoms with E-state index in [0.717, 1.165) is 31.6 Å². The Labute approximate surface area is 112 Å². The van der Waals surface area contributed by atoms with Crippen molar-refractivity contribution in [3.05, 3.63) is 23.2 Å². The highest BCUT2D eigenvalue weighted by molar-refractivity contribution is 5.84. The van der Waals surface area contributed by atoms with Crippen LogP contribution in [-0.2, 0) is 11.3 Å². The maximum atomic E-state index is 10.8. The Morgan fingerprint density at radius 1 is 1.53 bits per heavy atom. The van der Waals surface area contributed by atoms with Crippen molar-refractivity contribution in [3.8, 4) is 0 Å². The normalized spacial score (nSPS) is 18.4. The highest BCUT2D eigenvalue weighted by Crippen LogP contribution is 2.20. The molecule has 0 spiro atoms. The van der Waals surface area contributed by atoms with Gasteiger partial charge in [0.1, 0.15) is 5.76 Å². The van der Waals surface area contributed by atoms with E-state index < -0.39 is 5.97 Å². The van der Waals surface area contributed by atoms with Gasteiger partial charge in [0.15, 0.2) is 0 Å². The molecule has 1 aromatic heterocycles. The number of carbonyl (C=O) groups is 1. The summed E-state index contributed by atoms with van der Waals surface area (Å²) < 4.78 is 10.5. The lowest BCUT2D eigenvalue weighted by Crippen LogP contribution is -2.36. The third-order valence-electron chi connectivity index (χ3n) is 3.82. The minimum Gasteiger partial charge on any atom is -0.475 e. The molecule has 0 saturated carbocycles. The first-order chi connectivity index (χ1) is 9.08. The van der Waals surface area contributed by atoms with Gasteiger partial charge in [0, 0.05) is 31.4 Å². The number of ether oxygens (including phenoxy) is 1. The van der Waals surface area contributed by atoms with Crippen LogP contribution in [0.3, 0.4) is 0 Å². The Kier molecular flexibility index (Phi) is 4.61.